The van der Waals surface area contributed by atoms with E-state index >= 15 is 0 Å². The summed E-state index contributed by atoms with van der Waals surface area (Å²) in [5.41, 5.74) is 2.29. The van der Waals surface area contributed by atoms with Crippen molar-refractivity contribution in [1.82, 2.24) is 15.0 Å². The number of furan rings is 2. The van der Waals surface area contributed by atoms with E-state index in [0.29, 0.717) is 22.1 Å². The summed E-state index contributed by atoms with van der Waals surface area (Å²) in [4.78, 5) is 14.1. The summed E-state index contributed by atoms with van der Waals surface area (Å²) in [7, 11) is 0. The van der Waals surface area contributed by atoms with Crippen LogP contribution in [0.25, 0.3) is 111 Å². The summed E-state index contributed by atoms with van der Waals surface area (Å²) >= 11 is 0. The van der Waals surface area contributed by atoms with Crippen molar-refractivity contribution < 1.29 is 25.3 Å². The Hall–Kier alpha value is -7.11. The molecule has 242 valence electrons. The number of benzene rings is 8. The number of rotatable bonds is 4. The first-order valence-electron chi connectivity index (χ1n) is 22.4. The third-order valence-corrected chi connectivity index (χ3v) is 9.35. The van der Waals surface area contributed by atoms with Gasteiger partial charge in [-0.05, 0) is 69.0 Å². The molecule has 0 bridgehead atoms. The zero-order chi connectivity index (χ0) is 44.6. The van der Waals surface area contributed by atoms with Gasteiger partial charge in [-0.25, -0.2) is 15.0 Å². The molecule has 8 aromatic carbocycles. The van der Waals surface area contributed by atoms with Gasteiger partial charge in [-0.15, -0.1) is 0 Å². The summed E-state index contributed by atoms with van der Waals surface area (Å²) in [6.45, 7) is 0. The van der Waals surface area contributed by atoms with Gasteiger partial charge in [-0.2, -0.15) is 0 Å². The Kier molecular flexibility index (Phi) is 4.16. The van der Waals surface area contributed by atoms with Crippen LogP contribution in [0.4, 0.5) is 0 Å². The normalized spacial score (nSPS) is 15.1. The van der Waals surface area contributed by atoms with Crippen LogP contribution in [0.2, 0.25) is 0 Å². The molecule has 3 heterocycles. The van der Waals surface area contributed by atoms with Crippen molar-refractivity contribution in [1.29, 1.82) is 0 Å². The van der Waals surface area contributed by atoms with E-state index in [2.05, 4.69) is 35.3 Å². The predicted octanol–water partition coefficient (Wildman–Crippen LogP) is 12.6. The Balaban J connectivity index is 1.22. The first kappa shape index (κ1) is 19.3. The smallest absolute Gasteiger partial charge is 0.164 e. The van der Waals surface area contributed by atoms with Crippen molar-refractivity contribution in [3.8, 4) is 45.3 Å². The number of hydrogen-bond acceptors (Lipinski definition) is 5. The maximum absolute atomic E-state index is 9.19. The van der Waals surface area contributed by atoms with Crippen molar-refractivity contribution in [3.05, 3.63) is 164 Å². The van der Waals surface area contributed by atoms with E-state index in [1.54, 1.807) is 18.2 Å². The van der Waals surface area contributed by atoms with Crippen molar-refractivity contribution in [3.63, 3.8) is 0 Å². The number of fused-ring (bicyclic) bond motifs is 9. The third-order valence-electron chi connectivity index (χ3n) is 9.35. The Morgan fingerprint density at radius 1 is 0.385 bits per heavy atom. The first-order valence-corrected chi connectivity index (χ1v) is 16.4. The molecule has 0 aliphatic rings. The fraction of sp³-hybridized carbons (Fsp3) is 0. The molecule has 0 unspecified atom stereocenters. The molecule has 52 heavy (non-hydrogen) atoms. The van der Waals surface area contributed by atoms with Gasteiger partial charge in [0.25, 0.3) is 0 Å². The van der Waals surface area contributed by atoms with Crippen LogP contribution in [-0.2, 0) is 0 Å². The average molecular weight is 678 g/mol. The summed E-state index contributed by atoms with van der Waals surface area (Å²) in [6.07, 6.45) is 0. The molecule has 0 saturated heterocycles. The van der Waals surface area contributed by atoms with E-state index in [0.717, 1.165) is 38.1 Å². The lowest BCUT2D eigenvalue weighted by Gasteiger charge is -2.11. The summed E-state index contributed by atoms with van der Waals surface area (Å²) in [6, 6.07) is 22.4. The summed E-state index contributed by atoms with van der Waals surface area (Å²) in [5.74, 6) is -0.778. The van der Waals surface area contributed by atoms with Gasteiger partial charge >= 0.3 is 0 Å². The minimum absolute atomic E-state index is 0.0662. The first-order chi connectivity index (χ1) is 30.7. The fourth-order valence-electron chi connectivity index (χ4n) is 7.08. The maximum atomic E-state index is 9.19. The Morgan fingerprint density at radius 3 is 2.00 bits per heavy atom. The van der Waals surface area contributed by atoms with Crippen LogP contribution in [0.3, 0.4) is 0 Å². The molecule has 0 atom stereocenters. The highest BCUT2D eigenvalue weighted by molar-refractivity contribution is 6.23. The second-order valence-electron chi connectivity index (χ2n) is 12.2. The van der Waals surface area contributed by atoms with Crippen LogP contribution in [0.15, 0.2) is 172 Å². The molecular weight excluding hydrogens is 639 g/mol. The lowest BCUT2D eigenvalue weighted by molar-refractivity contribution is 0.668. The van der Waals surface area contributed by atoms with Gasteiger partial charge in [0.1, 0.15) is 22.3 Å². The third kappa shape index (κ3) is 4.39. The Morgan fingerprint density at radius 2 is 1.10 bits per heavy atom. The van der Waals surface area contributed by atoms with Gasteiger partial charge in [-0.1, -0.05) is 127 Å². The quantitative estimate of drug-likeness (QED) is 0.185. The molecule has 0 aliphatic heterocycles. The molecule has 0 aliphatic carbocycles. The molecule has 3 aromatic heterocycles. The monoisotopic (exact) mass is 677 g/mol. The SMILES string of the molecule is [2H]c1c([2H])c([2H])c(-c2nc(-c3ccc4oc5cc(-c6cccc7ccccc67)c6ccccc6c5c4c3)nc(-c3c([2H])c([2H])c([2H])c4oc5c([2H])c([2H])c([2H])c([2H])c5c34)n2)c([2H])c1[2H]. The molecule has 11 aromatic rings. The van der Waals surface area contributed by atoms with Gasteiger partial charge in [0, 0.05) is 38.2 Å². The molecule has 0 N–H and O–H groups in total. The minimum atomic E-state index is -0.645. The van der Waals surface area contributed by atoms with E-state index in [-0.39, 0.29) is 50.5 Å². The molecule has 0 spiro atoms. The lowest BCUT2D eigenvalue weighted by Crippen LogP contribution is -2.00. The maximum Gasteiger partial charge on any atom is 0.164 e. The number of aromatic nitrogens is 3. The molecule has 11 rings (SSSR count). The van der Waals surface area contributed by atoms with Crippen LogP contribution in [0, 0.1) is 0 Å². The van der Waals surface area contributed by atoms with E-state index in [9.17, 15) is 1.37 Å². The standard InChI is InChI=1S/C47H27N3O2/c1-2-13-29(14-3-1)45-48-46(50-47(49-45)36-21-11-23-41-44(36)35-19-8-9-22-39(35)51-41)30-24-25-40-38(26-30)43-34-18-7-6-17-33(34)37(27-42(43)52-40)32-20-10-15-28-12-4-5-16-31(28)32/h1-27H/i1D,2D,3D,8D,9D,11D,13D,14D,19D,21D,22D,23D. The summed E-state index contributed by atoms with van der Waals surface area (Å²) < 4.78 is 116. The van der Waals surface area contributed by atoms with Crippen LogP contribution < -0.4 is 0 Å². The molecule has 0 fully saturated rings. The highest BCUT2D eigenvalue weighted by Crippen LogP contribution is 2.43. The number of hydrogen-bond donors (Lipinski definition) is 0. The van der Waals surface area contributed by atoms with E-state index in [1.165, 1.54) is 0 Å². The van der Waals surface area contributed by atoms with Crippen molar-refractivity contribution in [2.45, 2.75) is 0 Å². The zero-order valence-corrected chi connectivity index (χ0v) is 26.8. The van der Waals surface area contributed by atoms with Gasteiger partial charge in [0.05, 0.1) is 16.4 Å². The highest BCUT2D eigenvalue weighted by Gasteiger charge is 2.20. The fourth-order valence-corrected chi connectivity index (χ4v) is 7.08. The van der Waals surface area contributed by atoms with Gasteiger partial charge < -0.3 is 8.83 Å². The number of para-hydroxylation sites is 1. The van der Waals surface area contributed by atoms with Crippen LogP contribution in [0.5, 0.6) is 0 Å². The highest BCUT2D eigenvalue weighted by atomic mass is 16.3. The molecular formula is C47H27N3O2. The predicted molar refractivity (Wildman–Crippen MR) is 211 cm³/mol. The van der Waals surface area contributed by atoms with E-state index in [1.807, 2.05) is 42.5 Å². The Bertz CT molecular complexity index is 3870. The van der Waals surface area contributed by atoms with Crippen molar-refractivity contribution in [2.75, 3.05) is 0 Å². The average Bonchev–Trinajstić information content (AvgIpc) is 3.89. The molecule has 0 amide bonds. The molecule has 0 radical (unpaired) electrons. The lowest BCUT2D eigenvalue weighted by atomic mass is 9.92. The zero-order valence-electron chi connectivity index (χ0n) is 38.8. The largest absolute Gasteiger partial charge is 0.456 e. The van der Waals surface area contributed by atoms with Gasteiger partial charge in [0.15, 0.2) is 17.5 Å². The van der Waals surface area contributed by atoms with E-state index < -0.39 is 72.5 Å². The van der Waals surface area contributed by atoms with Crippen molar-refractivity contribution in [2.24, 2.45) is 0 Å². The van der Waals surface area contributed by atoms with Crippen LogP contribution in [-0.4, -0.2) is 15.0 Å². The Labute approximate surface area is 314 Å². The van der Waals surface area contributed by atoms with Gasteiger partial charge in [-0.3, -0.25) is 0 Å². The van der Waals surface area contributed by atoms with E-state index in [4.69, 9.17) is 33.9 Å². The van der Waals surface area contributed by atoms with Crippen molar-refractivity contribution >= 4 is 65.4 Å². The molecule has 5 heteroatoms. The second-order valence-corrected chi connectivity index (χ2v) is 12.2. The summed E-state index contributed by atoms with van der Waals surface area (Å²) in [5, 5.41) is 5.24. The molecule has 0 saturated carbocycles. The second kappa shape index (κ2) is 11.2. The topological polar surface area (TPSA) is 65.0 Å². The number of nitrogens with zero attached hydrogens (tertiary/aromatic N) is 3. The molecule has 5 nitrogen and oxygen atoms in total. The van der Waals surface area contributed by atoms with Gasteiger partial charge in [0.2, 0.25) is 0 Å². The van der Waals surface area contributed by atoms with Crippen LogP contribution >= 0.6 is 0 Å². The minimum Gasteiger partial charge on any atom is -0.456 e. The van der Waals surface area contributed by atoms with Crippen LogP contribution in [0.1, 0.15) is 16.4 Å².